The van der Waals surface area contributed by atoms with Gasteiger partial charge in [-0.2, -0.15) is 0 Å². The monoisotopic (exact) mass is 573 g/mol. The Morgan fingerprint density at radius 2 is 1.78 bits per heavy atom. The molecular formula is C28H35N3O10. The van der Waals surface area contributed by atoms with Crippen LogP contribution in [0.5, 0.6) is 5.75 Å². The Hall–Kier alpha value is -3.55. The number of carbonyl (C=O) groups excluding carboxylic acids is 5. The molecule has 13 nitrogen and oxygen atoms in total. The first kappa shape index (κ1) is 30.4. The second-order valence-corrected chi connectivity index (χ2v) is 12.3. The maximum atomic E-state index is 14.0. The molecule has 0 aliphatic heterocycles. The summed E-state index contributed by atoms with van der Waals surface area (Å²) in [6.07, 6.45) is -1.19. The van der Waals surface area contributed by atoms with Crippen molar-refractivity contribution in [2.45, 2.75) is 62.7 Å². The third-order valence-electron chi connectivity index (χ3n) is 9.36. The molecule has 2 fully saturated rings. The van der Waals surface area contributed by atoms with Crippen LogP contribution in [0, 0.1) is 33.8 Å². The zero-order valence-electron chi connectivity index (χ0n) is 23.5. The summed E-state index contributed by atoms with van der Waals surface area (Å²) in [7, 11) is 2.86. The second kappa shape index (κ2) is 10.1. The molecule has 0 aromatic heterocycles. The van der Waals surface area contributed by atoms with Crippen molar-refractivity contribution in [2.24, 2.45) is 29.4 Å². The number of aliphatic hydroxyl groups is 2. The number of carbonyl (C=O) groups is 5. The van der Waals surface area contributed by atoms with E-state index < -0.39 is 92.5 Å². The van der Waals surface area contributed by atoms with E-state index in [1.807, 2.05) is 0 Å². The molecule has 5 N–H and O–H groups in total. The molecule has 1 aromatic rings. The molecule has 2 saturated carbocycles. The molecular weight excluding hydrogens is 538 g/mol. The first-order valence-electron chi connectivity index (χ1n) is 13.4. The molecule has 1 aromatic carbocycles. The maximum Gasteiger partial charge on any atom is 0.235 e. The zero-order valence-corrected chi connectivity index (χ0v) is 23.5. The number of rotatable bonds is 7. The molecule has 0 bridgehead atoms. The Kier molecular flexibility index (Phi) is 7.47. The van der Waals surface area contributed by atoms with Crippen LogP contribution in [0.1, 0.15) is 61.0 Å². The highest BCUT2D eigenvalue weighted by Gasteiger charge is 2.72. The maximum absolute atomic E-state index is 14.0. The number of nitro groups is 1. The van der Waals surface area contributed by atoms with Gasteiger partial charge in [-0.3, -0.25) is 39.0 Å². The van der Waals surface area contributed by atoms with E-state index >= 15 is 0 Å². The quantitative estimate of drug-likeness (QED) is 0.189. The standard InChI is InChI=1S/C28H35N3O10/c1-11-12-7-8-13(27(2,3)9-6-10-31(40)41)20(32)15(12)21(33)16-14(11)22(34)18-19(30(4)5)23(35)17(26(29)38)25(37)28(18,39)24(16)36/h7-8,11,14,16-19,22,32,34,39H,6,9-10H2,1-5H3,(H2,29,38)/t11-,14+,16?,17?,18+,19-,22-,28-/m1/s1. The molecule has 0 spiro atoms. The Morgan fingerprint density at radius 1 is 1.17 bits per heavy atom. The minimum atomic E-state index is -3.06. The Bertz CT molecular complexity index is 1370. The van der Waals surface area contributed by atoms with Gasteiger partial charge in [0.1, 0.15) is 5.75 Å². The molecule has 222 valence electrons. The number of nitrogens with two attached hydrogens (primary N) is 1. The number of phenolic OH excluding ortho intramolecular Hbond substituents is 1. The molecule has 2 unspecified atom stereocenters. The predicted molar refractivity (Wildman–Crippen MR) is 142 cm³/mol. The number of nitrogens with zero attached hydrogens (tertiary/aromatic N) is 2. The highest BCUT2D eigenvalue weighted by atomic mass is 16.6. The van der Waals surface area contributed by atoms with E-state index in [1.54, 1.807) is 32.9 Å². The van der Waals surface area contributed by atoms with Crippen molar-refractivity contribution in [1.82, 2.24) is 4.90 Å². The fourth-order valence-electron chi connectivity index (χ4n) is 7.32. The van der Waals surface area contributed by atoms with Crippen LogP contribution in [-0.2, 0) is 24.6 Å². The van der Waals surface area contributed by atoms with E-state index in [0.717, 1.165) is 0 Å². The summed E-state index contributed by atoms with van der Waals surface area (Å²) in [6.45, 7) is 4.85. The molecule has 4 rings (SSSR count). The largest absolute Gasteiger partial charge is 0.507 e. The number of aliphatic hydroxyl groups excluding tert-OH is 1. The van der Waals surface area contributed by atoms with Crippen LogP contribution in [0.2, 0.25) is 0 Å². The van der Waals surface area contributed by atoms with Crippen LogP contribution >= 0.6 is 0 Å². The lowest BCUT2D eigenvalue weighted by Gasteiger charge is -2.56. The van der Waals surface area contributed by atoms with Crippen LogP contribution in [0.15, 0.2) is 12.1 Å². The lowest BCUT2D eigenvalue weighted by atomic mass is 9.49. The SMILES string of the molecule is C[C@@H]1c2ccc(C(C)(C)CCC[N+](=O)[O-])c(O)c2C(=O)C2C(=O)[C@@]3(O)C(=O)C(C(N)=O)C(=O)[C@H](N(C)C)[C@H]3[C@H](O)[C@H]21. The van der Waals surface area contributed by atoms with Crippen molar-refractivity contribution in [3.8, 4) is 5.75 Å². The molecule has 41 heavy (non-hydrogen) atoms. The van der Waals surface area contributed by atoms with Gasteiger partial charge in [0.15, 0.2) is 34.7 Å². The molecule has 0 saturated heterocycles. The predicted octanol–water partition coefficient (Wildman–Crippen LogP) is -0.267. The van der Waals surface area contributed by atoms with E-state index in [9.17, 15) is 49.4 Å². The molecule has 1 amide bonds. The first-order chi connectivity index (χ1) is 18.9. The molecule has 0 heterocycles. The average molecular weight is 574 g/mol. The number of fused-ring (bicyclic) bond motifs is 3. The number of hydrogen-bond acceptors (Lipinski definition) is 11. The summed E-state index contributed by atoms with van der Waals surface area (Å²) in [5.41, 5.74) is 1.91. The first-order valence-corrected chi connectivity index (χ1v) is 13.4. The normalized spacial score (nSPS) is 33.3. The van der Waals surface area contributed by atoms with Crippen molar-refractivity contribution in [1.29, 1.82) is 0 Å². The number of benzene rings is 1. The van der Waals surface area contributed by atoms with Gasteiger partial charge in [-0.1, -0.05) is 32.9 Å². The number of Topliss-reactive ketones (excluding diaryl/α,β-unsaturated/α-hetero) is 4. The molecule has 13 heteroatoms. The molecule has 0 radical (unpaired) electrons. The summed E-state index contributed by atoms with van der Waals surface area (Å²) in [5.74, 6) is -13.9. The smallest absolute Gasteiger partial charge is 0.235 e. The van der Waals surface area contributed by atoms with Gasteiger partial charge in [-0.15, -0.1) is 0 Å². The Morgan fingerprint density at radius 3 is 2.32 bits per heavy atom. The summed E-state index contributed by atoms with van der Waals surface area (Å²) in [6, 6.07) is 1.76. The van der Waals surface area contributed by atoms with E-state index in [0.29, 0.717) is 17.5 Å². The lowest BCUT2D eigenvalue weighted by molar-refractivity contribution is -0.480. The highest BCUT2D eigenvalue weighted by Crippen LogP contribution is 2.55. The number of primary amides is 1. The van der Waals surface area contributed by atoms with E-state index in [4.69, 9.17) is 5.73 Å². The minimum absolute atomic E-state index is 0.198. The number of phenols is 1. The van der Waals surface area contributed by atoms with Gasteiger partial charge in [0.05, 0.1) is 29.5 Å². The highest BCUT2D eigenvalue weighted by molar-refractivity contribution is 6.32. The fraction of sp³-hybridized carbons (Fsp3) is 0.607. The van der Waals surface area contributed by atoms with Crippen molar-refractivity contribution >= 4 is 29.0 Å². The number of amides is 1. The average Bonchev–Trinajstić information content (AvgIpc) is 2.85. The number of ketones is 4. The van der Waals surface area contributed by atoms with Crippen molar-refractivity contribution in [3.63, 3.8) is 0 Å². The van der Waals surface area contributed by atoms with Crippen LogP contribution in [0.25, 0.3) is 0 Å². The molecule has 3 aliphatic rings. The molecule has 3 aliphatic carbocycles. The van der Waals surface area contributed by atoms with Crippen molar-refractivity contribution in [3.05, 3.63) is 38.9 Å². The van der Waals surface area contributed by atoms with Crippen LogP contribution in [0.4, 0.5) is 0 Å². The van der Waals surface area contributed by atoms with Gasteiger partial charge in [0.2, 0.25) is 12.5 Å². The van der Waals surface area contributed by atoms with E-state index in [1.165, 1.54) is 19.0 Å². The third-order valence-corrected chi connectivity index (χ3v) is 9.36. The summed E-state index contributed by atoms with van der Waals surface area (Å²) >= 11 is 0. The minimum Gasteiger partial charge on any atom is -0.507 e. The third kappa shape index (κ3) is 4.29. The fourth-order valence-corrected chi connectivity index (χ4v) is 7.32. The summed E-state index contributed by atoms with van der Waals surface area (Å²) < 4.78 is 0. The summed E-state index contributed by atoms with van der Waals surface area (Å²) in [4.78, 5) is 78.5. The van der Waals surface area contributed by atoms with Gasteiger partial charge >= 0.3 is 0 Å². The lowest BCUT2D eigenvalue weighted by Crippen LogP contribution is -2.77. The van der Waals surface area contributed by atoms with Crippen LogP contribution in [0.3, 0.4) is 0 Å². The van der Waals surface area contributed by atoms with E-state index in [2.05, 4.69) is 0 Å². The zero-order chi connectivity index (χ0) is 30.9. The number of likely N-dealkylation sites (N-methyl/N-ethyl adjacent to an activating group) is 1. The van der Waals surface area contributed by atoms with E-state index in [-0.39, 0.29) is 18.5 Å². The Labute approximate surface area is 235 Å². The number of aromatic hydroxyl groups is 1. The molecule has 8 atom stereocenters. The van der Waals surface area contributed by atoms with Gasteiger partial charge in [-0.25, -0.2) is 0 Å². The topological polar surface area (TPSA) is 218 Å². The number of hydrogen-bond donors (Lipinski definition) is 4. The van der Waals surface area contributed by atoms with Gasteiger partial charge in [-0.05, 0) is 37.4 Å². The van der Waals surface area contributed by atoms with Gasteiger partial charge in [0.25, 0.3) is 0 Å². The van der Waals surface area contributed by atoms with Crippen molar-refractivity contribution < 1.29 is 44.2 Å². The summed E-state index contributed by atoms with van der Waals surface area (Å²) in [5, 5.41) is 45.5. The van der Waals surface area contributed by atoms with Crippen LogP contribution < -0.4 is 5.73 Å². The van der Waals surface area contributed by atoms with Gasteiger partial charge < -0.3 is 21.1 Å². The van der Waals surface area contributed by atoms with Crippen molar-refractivity contribution in [2.75, 3.05) is 20.6 Å². The Balaban J connectivity index is 1.86. The van der Waals surface area contributed by atoms with Gasteiger partial charge in [0, 0.05) is 22.8 Å². The van der Waals surface area contributed by atoms with Crippen LogP contribution in [-0.4, -0.2) is 92.6 Å². The second-order valence-electron chi connectivity index (χ2n) is 12.3.